The molecule has 1 unspecified atom stereocenters. The third-order valence-electron chi connectivity index (χ3n) is 4.74. The molecule has 1 aliphatic rings. The maximum absolute atomic E-state index is 4.53. The van der Waals surface area contributed by atoms with Crippen LogP contribution < -0.4 is 5.32 Å². The lowest BCUT2D eigenvalue weighted by Gasteiger charge is -2.36. The van der Waals surface area contributed by atoms with Gasteiger partial charge in [-0.1, -0.05) is 0 Å². The summed E-state index contributed by atoms with van der Waals surface area (Å²) in [5.74, 6) is 0. The van der Waals surface area contributed by atoms with E-state index in [1.807, 2.05) is 11.7 Å². The number of nitrogens with zero attached hydrogens (tertiary/aromatic N) is 3. The van der Waals surface area contributed by atoms with E-state index in [9.17, 15) is 0 Å². The number of hydrogen-bond acceptors (Lipinski definition) is 3. The number of rotatable bonds is 4. The van der Waals surface area contributed by atoms with Crippen LogP contribution >= 0.6 is 0 Å². The highest BCUT2D eigenvalue weighted by molar-refractivity contribution is 5.27. The van der Waals surface area contributed by atoms with Crippen molar-refractivity contribution in [3.8, 4) is 0 Å². The largest absolute Gasteiger partial charge is 0.307 e. The van der Waals surface area contributed by atoms with Crippen LogP contribution in [-0.4, -0.2) is 39.9 Å². The Hall–Kier alpha value is -0.870. The van der Waals surface area contributed by atoms with E-state index in [1.165, 1.54) is 37.2 Å². The van der Waals surface area contributed by atoms with Crippen molar-refractivity contribution in [2.24, 2.45) is 7.05 Å². The molecule has 20 heavy (non-hydrogen) atoms. The van der Waals surface area contributed by atoms with Gasteiger partial charge in [0.15, 0.2) is 0 Å². The molecule has 0 amide bonds. The van der Waals surface area contributed by atoms with Gasteiger partial charge in [0, 0.05) is 36.4 Å². The van der Waals surface area contributed by atoms with Crippen molar-refractivity contribution in [2.75, 3.05) is 13.1 Å². The molecule has 114 valence electrons. The molecule has 1 N–H and O–H groups in total. The van der Waals surface area contributed by atoms with Crippen LogP contribution in [0.25, 0.3) is 0 Å². The van der Waals surface area contributed by atoms with Crippen LogP contribution in [0.3, 0.4) is 0 Å². The van der Waals surface area contributed by atoms with Crippen molar-refractivity contribution in [2.45, 2.75) is 65.6 Å². The lowest BCUT2D eigenvalue weighted by Crippen LogP contribution is -2.45. The number of aryl methyl sites for hydroxylation is 2. The number of hydrogen-bond donors (Lipinski definition) is 1. The summed E-state index contributed by atoms with van der Waals surface area (Å²) in [4.78, 5) is 2.57. The zero-order chi connectivity index (χ0) is 14.9. The maximum atomic E-state index is 4.53. The highest BCUT2D eigenvalue weighted by Crippen LogP contribution is 2.23. The summed E-state index contributed by atoms with van der Waals surface area (Å²) in [6.45, 7) is 13.6. The van der Waals surface area contributed by atoms with E-state index in [-0.39, 0.29) is 0 Å². The van der Waals surface area contributed by atoms with Crippen LogP contribution in [0, 0.1) is 13.8 Å². The first-order valence-corrected chi connectivity index (χ1v) is 7.90. The Kier molecular flexibility index (Phi) is 4.86. The molecule has 2 rings (SSSR count). The molecule has 0 aliphatic carbocycles. The van der Waals surface area contributed by atoms with Gasteiger partial charge >= 0.3 is 0 Å². The van der Waals surface area contributed by atoms with Gasteiger partial charge < -0.3 is 10.2 Å². The number of aromatic nitrogens is 2. The number of piperidine rings is 1. The summed E-state index contributed by atoms with van der Waals surface area (Å²) < 4.78 is 1.99. The average Bonchev–Trinajstić information content (AvgIpc) is 2.63. The third-order valence-corrected chi connectivity index (χ3v) is 4.74. The van der Waals surface area contributed by atoms with Crippen LogP contribution in [0.4, 0.5) is 0 Å². The second kappa shape index (κ2) is 6.27. The van der Waals surface area contributed by atoms with Gasteiger partial charge in [0.2, 0.25) is 0 Å². The van der Waals surface area contributed by atoms with Crippen molar-refractivity contribution >= 4 is 0 Å². The van der Waals surface area contributed by atoms with Gasteiger partial charge in [-0.25, -0.2) is 0 Å². The van der Waals surface area contributed by atoms with Gasteiger partial charge in [-0.3, -0.25) is 4.68 Å². The molecular formula is C16H30N4. The highest BCUT2D eigenvalue weighted by atomic mass is 15.3. The highest BCUT2D eigenvalue weighted by Gasteiger charge is 2.24. The van der Waals surface area contributed by atoms with Gasteiger partial charge in [-0.05, 0) is 60.5 Å². The summed E-state index contributed by atoms with van der Waals surface area (Å²) in [5, 5.41) is 8.34. The second-order valence-corrected chi connectivity index (χ2v) is 6.50. The van der Waals surface area contributed by atoms with Crippen LogP contribution in [-0.2, 0) is 7.05 Å². The Morgan fingerprint density at radius 3 is 2.20 bits per heavy atom. The SMILES string of the molecule is Cc1nn(C)c(C)c1C(C)NC1CCN(C(C)C)CC1. The minimum Gasteiger partial charge on any atom is -0.307 e. The molecule has 0 spiro atoms. The third kappa shape index (κ3) is 3.23. The molecule has 4 nitrogen and oxygen atoms in total. The van der Waals surface area contributed by atoms with E-state index in [4.69, 9.17) is 0 Å². The first-order valence-electron chi connectivity index (χ1n) is 7.90. The van der Waals surface area contributed by atoms with Crippen molar-refractivity contribution in [1.82, 2.24) is 20.0 Å². The quantitative estimate of drug-likeness (QED) is 0.919. The maximum Gasteiger partial charge on any atom is 0.0644 e. The molecule has 1 aromatic rings. The predicted octanol–water partition coefficient (Wildman–Crippen LogP) is 2.56. The number of likely N-dealkylation sites (tertiary alicyclic amines) is 1. The van der Waals surface area contributed by atoms with Gasteiger partial charge in [0.1, 0.15) is 0 Å². The second-order valence-electron chi connectivity index (χ2n) is 6.50. The zero-order valence-electron chi connectivity index (χ0n) is 13.9. The van der Waals surface area contributed by atoms with Crippen molar-refractivity contribution in [3.63, 3.8) is 0 Å². The van der Waals surface area contributed by atoms with E-state index in [1.54, 1.807) is 0 Å². The molecule has 0 saturated carbocycles. The van der Waals surface area contributed by atoms with Crippen LogP contribution in [0.2, 0.25) is 0 Å². The van der Waals surface area contributed by atoms with Crippen molar-refractivity contribution in [3.05, 3.63) is 17.0 Å². The topological polar surface area (TPSA) is 33.1 Å². The molecule has 1 fully saturated rings. The Morgan fingerprint density at radius 1 is 1.15 bits per heavy atom. The molecule has 1 aliphatic heterocycles. The molecule has 1 aromatic heterocycles. The predicted molar refractivity (Wildman–Crippen MR) is 84.0 cm³/mol. The fourth-order valence-corrected chi connectivity index (χ4v) is 3.44. The van der Waals surface area contributed by atoms with Gasteiger partial charge in [0.25, 0.3) is 0 Å². The van der Waals surface area contributed by atoms with Crippen molar-refractivity contribution in [1.29, 1.82) is 0 Å². The fraction of sp³-hybridized carbons (Fsp3) is 0.812. The van der Waals surface area contributed by atoms with E-state index in [2.05, 4.69) is 49.9 Å². The van der Waals surface area contributed by atoms with E-state index in [0.29, 0.717) is 18.1 Å². The Bertz CT molecular complexity index is 442. The van der Waals surface area contributed by atoms with Crippen molar-refractivity contribution < 1.29 is 0 Å². The van der Waals surface area contributed by atoms with Crippen LogP contribution in [0.1, 0.15) is 56.6 Å². The lowest BCUT2D eigenvalue weighted by atomic mass is 10.00. The Morgan fingerprint density at radius 2 is 1.75 bits per heavy atom. The summed E-state index contributed by atoms with van der Waals surface area (Å²) in [5.41, 5.74) is 3.81. The smallest absolute Gasteiger partial charge is 0.0644 e. The normalized spacial score (nSPS) is 19.8. The summed E-state index contributed by atoms with van der Waals surface area (Å²) in [6, 6.07) is 1.70. The molecule has 0 radical (unpaired) electrons. The zero-order valence-corrected chi connectivity index (χ0v) is 13.9. The Labute approximate surface area is 123 Å². The van der Waals surface area contributed by atoms with E-state index < -0.39 is 0 Å². The van der Waals surface area contributed by atoms with Gasteiger partial charge in [-0.15, -0.1) is 0 Å². The summed E-state index contributed by atoms with van der Waals surface area (Å²) >= 11 is 0. The molecule has 0 bridgehead atoms. The molecule has 1 saturated heterocycles. The minimum atomic E-state index is 0.388. The standard InChI is InChI=1S/C16H30N4/c1-11(2)20-9-7-15(8-10-20)17-12(3)16-13(4)18-19(6)14(16)5/h11-12,15,17H,7-10H2,1-6H3. The first-order chi connectivity index (χ1) is 9.40. The Balaban J connectivity index is 1.94. The monoisotopic (exact) mass is 278 g/mol. The first kappa shape index (κ1) is 15.5. The van der Waals surface area contributed by atoms with E-state index >= 15 is 0 Å². The summed E-state index contributed by atoms with van der Waals surface area (Å²) in [6.07, 6.45) is 2.50. The number of nitrogens with one attached hydrogen (secondary N) is 1. The lowest BCUT2D eigenvalue weighted by molar-refractivity contribution is 0.157. The van der Waals surface area contributed by atoms with Crippen LogP contribution in [0.15, 0.2) is 0 Å². The minimum absolute atomic E-state index is 0.388. The average molecular weight is 278 g/mol. The van der Waals surface area contributed by atoms with Gasteiger partial charge in [-0.2, -0.15) is 5.10 Å². The molecule has 4 heteroatoms. The molecule has 1 atom stereocenters. The van der Waals surface area contributed by atoms with Gasteiger partial charge in [0.05, 0.1) is 5.69 Å². The molecular weight excluding hydrogens is 248 g/mol. The summed E-state index contributed by atoms with van der Waals surface area (Å²) in [7, 11) is 2.03. The van der Waals surface area contributed by atoms with E-state index in [0.717, 1.165) is 5.69 Å². The fourth-order valence-electron chi connectivity index (χ4n) is 3.44. The van der Waals surface area contributed by atoms with Crippen LogP contribution in [0.5, 0.6) is 0 Å². The molecule has 0 aromatic carbocycles. The molecule has 2 heterocycles.